The monoisotopic (exact) mass is 274 g/mol. The number of hydrogen-bond acceptors (Lipinski definition) is 5. The van der Waals surface area contributed by atoms with Crippen molar-refractivity contribution in [3.63, 3.8) is 0 Å². The molecule has 0 bridgehead atoms. The number of methoxy groups -OCH3 is 2. The molecular weight excluding hydrogens is 256 g/mol. The summed E-state index contributed by atoms with van der Waals surface area (Å²) in [6, 6.07) is 9.40. The average Bonchev–Trinajstić information content (AvgIpc) is 2.52. The highest BCUT2D eigenvalue weighted by Gasteiger charge is 2.12. The van der Waals surface area contributed by atoms with Crippen LogP contribution in [0.5, 0.6) is 17.2 Å². The lowest BCUT2D eigenvalue weighted by Gasteiger charge is -2.13. The number of benzene rings is 1. The predicted molar refractivity (Wildman–Crippen MR) is 76.0 cm³/mol. The molecule has 0 atom stereocenters. The molecule has 0 radical (unpaired) electrons. The van der Waals surface area contributed by atoms with Gasteiger partial charge in [0.15, 0.2) is 11.5 Å². The molecule has 0 aliphatic heterocycles. The Hall–Kier alpha value is -2.27. The second-order valence-corrected chi connectivity index (χ2v) is 4.09. The topological polar surface area (TPSA) is 66.6 Å². The summed E-state index contributed by atoms with van der Waals surface area (Å²) in [6.45, 7) is 0.718. The largest absolute Gasteiger partial charge is 0.493 e. The number of ether oxygens (including phenoxy) is 3. The SMILES string of the molecule is COc1ccnc(COc2ccccc2CN)c1OC. The zero-order valence-corrected chi connectivity index (χ0v) is 11.6. The van der Waals surface area contributed by atoms with Crippen LogP contribution in [0.4, 0.5) is 0 Å². The van der Waals surface area contributed by atoms with Crippen molar-refractivity contribution >= 4 is 0 Å². The van der Waals surface area contributed by atoms with Crippen LogP contribution in [0.2, 0.25) is 0 Å². The van der Waals surface area contributed by atoms with E-state index in [-0.39, 0.29) is 6.61 Å². The highest BCUT2D eigenvalue weighted by Crippen LogP contribution is 2.30. The van der Waals surface area contributed by atoms with E-state index in [1.165, 1.54) is 0 Å². The minimum atomic E-state index is 0.289. The lowest BCUT2D eigenvalue weighted by molar-refractivity contribution is 0.282. The van der Waals surface area contributed by atoms with Gasteiger partial charge in [-0.2, -0.15) is 0 Å². The maximum atomic E-state index is 5.78. The van der Waals surface area contributed by atoms with Gasteiger partial charge >= 0.3 is 0 Å². The normalized spacial score (nSPS) is 10.2. The van der Waals surface area contributed by atoms with Gasteiger partial charge in [0.25, 0.3) is 0 Å². The van der Waals surface area contributed by atoms with Gasteiger partial charge in [-0.25, -0.2) is 0 Å². The second-order valence-electron chi connectivity index (χ2n) is 4.09. The van der Waals surface area contributed by atoms with Crippen molar-refractivity contribution in [2.75, 3.05) is 14.2 Å². The van der Waals surface area contributed by atoms with E-state index in [2.05, 4.69) is 4.98 Å². The third-order valence-electron chi connectivity index (χ3n) is 2.92. The van der Waals surface area contributed by atoms with Gasteiger partial charge in [-0.05, 0) is 6.07 Å². The molecule has 1 heterocycles. The van der Waals surface area contributed by atoms with E-state index in [9.17, 15) is 0 Å². The fourth-order valence-corrected chi connectivity index (χ4v) is 1.91. The molecule has 1 aromatic heterocycles. The molecule has 2 aromatic rings. The molecule has 2 N–H and O–H groups in total. The Morgan fingerprint density at radius 2 is 1.85 bits per heavy atom. The van der Waals surface area contributed by atoms with Gasteiger partial charge in [0.1, 0.15) is 18.1 Å². The fraction of sp³-hybridized carbons (Fsp3) is 0.267. The Kier molecular flexibility index (Phi) is 4.79. The van der Waals surface area contributed by atoms with Gasteiger partial charge in [0, 0.05) is 24.4 Å². The van der Waals surface area contributed by atoms with Crippen LogP contribution < -0.4 is 19.9 Å². The first-order valence-electron chi connectivity index (χ1n) is 6.26. The van der Waals surface area contributed by atoms with Crippen molar-refractivity contribution in [1.29, 1.82) is 0 Å². The van der Waals surface area contributed by atoms with Crippen LogP contribution in [0, 0.1) is 0 Å². The molecule has 2 rings (SSSR count). The van der Waals surface area contributed by atoms with Gasteiger partial charge in [-0.15, -0.1) is 0 Å². The molecule has 5 heteroatoms. The van der Waals surface area contributed by atoms with Crippen LogP contribution in [0.3, 0.4) is 0 Å². The highest BCUT2D eigenvalue weighted by molar-refractivity contribution is 5.42. The summed E-state index contributed by atoms with van der Waals surface area (Å²) in [4.78, 5) is 4.27. The van der Waals surface area contributed by atoms with Crippen molar-refractivity contribution in [1.82, 2.24) is 4.98 Å². The summed E-state index contributed by atoms with van der Waals surface area (Å²) in [6.07, 6.45) is 1.66. The van der Waals surface area contributed by atoms with Crippen molar-refractivity contribution in [3.05, 3.63) is 47.8 Å². The zero-order valence-electron chi connectivity index (χ0n) is 11.6. The highest BCUT2D eigenvalue weighted by atomic mass is 16.5. The molecule has 0 saturated carbocycles. The standard InChI is InChI=1S/C15H18N2O3/c1-18-14-7-8-17-12(15(14)19-2)10-20-13-6-4-3-5-11(13)9-16/h3-8H,9-10,16H2,1-2H3. The molecule has 20 heavy (non-hydrogen) atoms. The first kappa shape index (κ1) is 14.1. The van der Waals surface area contributed by atoms with Gasteiger partial charge in [0.2, 0.25) is 0 Å². The Bertz CT molecular complexity index is 573. The molecule has 0 unspecified atom stereocenters. The number of nitrogens with two attached hydrogens (primary N) is 1. The van der Waals surface area contributed by atoms with E-state index in [4.69, 9.17) is 19.9 Å². The number of aromatic nitrogens is 1. The number of hydrogen-bond donors (Lipinski definition) is 1. The van der Waals surface area contributed by atoms with E-state index in [0.29, 0.717) is 23.7 Å². The molecule has 0 spiro atoms. The van der Waals surface area contributed by atoms with E-state index in [1.54, 1.807) is 26.5 Å². The molecule has 5 nitrogen and oxygen atoms in total. The maximum absolute atomic E-state index is 5.78. The minimum absolute atomic E-state index is 0.289. The molecule has 0 aliphatic carbocycles. The summed E-state index contributed by atoms with van der Waals surface area (Å²) in [5.41, 5.74) is 7.31. The van der Waals surface area contributed by atoms with Crippen LogP contribution in [0.15, 0.2) is 36.5 Å². The van der Waals surface area contributed by atoms with Gasteiger partial charge < -0.3 is 19.9 Å². The van der Waals surface area contributed by atoms with Crippen molar-refractivity contribution < 1.29 is 14.2 Å². The second kappa shape index (κ2) is 6.77. The van der Waals surface area contributed by atoms with E-state index >= 15 is 0 Å². The fourth-order valence-electron chi connectivity index (χ4n) is 1.91. The van der Waals surface area contributed by atoms with Gasteiger partial charge in [0.05, 0.1) is 14.2 Å². The molecule has 0 aliphatic rings. The van der Waals surface area contributed by atoms with Gasteiger partial charge in [-0.1, -0.05) is 18.2 Å². The van der Waals surface area contributed by atoms with E-state index < -0.39 is 0 Å². The molecular formula is C15H18N2O3. The zero-order chi connectivity index (χ0) is 14.4. The lowest BCUT2D eigenvalue weighted by Crippen LogP contribution is -2.05. The van der Waals surface area contributed by atoms with Crippen LogP contribution in [0.1, 0.15) is 11.3 Å². The van der Waals surface area contributed by atoms with Crippen molar-refractivity contribution in [2.45, 2.75) is 13.2 Å². The number of rotatable bonds is 6. The first-order chi connectivity index (χ1) is 9.80. The first-order valence-corrected chi connectivity index (χ1v) is 6.26. The van der Waals surface area contributed by atoms with E-state index in [1.807, 2.05) is 24.3 Å². The molecule has 1 aromatic carbocycles. The Balaban J connectivity index is 2.19. The number of pyridine rings is 1. The predicted octanol–water partition coefficient (Wildman–Crippen LogP) is 2.14. The number of para-hydroxylation sites is 1. The summed E-state index contributed by atoms with van der Waals surface area (Å²) >= 11 is 0. The third kappa shape index (κ3) is 3.00. The quantitative estimate of drug-likeness (QED) is 0.874. The van der Waals surface area contributed by atoms with Crippen molar-refractivity contribution in [2.24, 2.45) is 5.73 Å². The van der Waals surface area contributed by atoms with Crippen molar-refractivity contribution in [3.8, 4) is 17.2 Å². The van der Waals surface area contributed by atoms with Crippen LogP contribution in [-0.4, -0.2) is 19.2 Å². The van der Waals surface area contributed by atoms with Crippen LogP contribution in [-0.2, 0) is 13.2 Å². The summed E-state index contributed by atoms with van der Waals surface area (Å²) in [5, 5.41) is 0. The summed E-state index contributed by atoms with van der Waals surface area (Å²) < 4.78 is 16.3. The van der Waals surface area contributed by atoms with E-state index in [0.717, 1.165) is 11.3 Å². The Labute approximate surface area is 118 Å². The van der Waals surface area contributed by atoms with Gasteiger partial charge in [-0.3, -0.25) is 4.98 Å². The lowest BCUT2D eigenvalue weighted by atomic mass is 10.2. The minimum Gasteiger partial charge on any atom is -0.493 e. The summed E-state index contributed by atoms with van der Waals surface area (Å²) in [5.74, 6) is 1.97. The number of nitrogens with zero attached hydrogens (tertiary/aromatic N) is 1. The third-order valence-corrected chi connectivity index (χ3v) is 2.92. The molecule has 0 amide bonds. The Morgan fingerprint density at radius 1 is 1.05 bits per heavy atom. The van der Waals surface area contributed by atoms with Crippen LogP contribution >= 0.6 is 0 Å². The smallest absolute Gasteiger partial charge is 0.185 e. The maximum Gasteiger partial charge on any atom is 0.185 e. The molecule has 0 saturated heterocycles. The summed E-state index contributed by atoms with van der Waals surface area (Å²) in [7, 11) is 3.17. The van der Waals surface area contributed by atoms with Crippen LogP contribution in [0.25, 0.3) is 0 Å². The molecule has 106 valence electrons. The average molecular weight is 274 g/mol. The molecule has 0 fully saturated rings. The Morgan fingerprint density at radius 3 is 2.55 bits per heavy atom.